The molecule has 148 valence electrons. The predicted molar refractivity (Wildman–Crippen MR) is 107 cm³/mol. The van der Waals surface area contributed by atoms with Gasteiger partial charge in [0.25, 0.3) is 0 Å². The number of ketones is 1. The van der Waals surface area contributed by atoms with Crippen LogP contribution in [-0.4, -0.2) is 33.8 Å². The van der Waals surface area contributed by atoms with Crippen LogP contribution in [0, 0.1) is 0 Å². The second kappa shape index (κ2) is 7.16. The number of anilines is 1. The minimum atomic E-state index is -4.04. The molecule has 0 unspecified atom stereocenters. The van der Waals surface area contributed by atoms with Crippen LogP contribution < -0.4 is 10.0 Å². The van der Waals surface area contributed by atoms with Crippen molar-refractivity contribution in [3.05, 3.63) is 57.9 Å². The highest BCUT2D eigenvalue weighted by Gasteiger charge is 2.38. The number of allylic oxidation sites excluding steroid dienone is 1. The molecule has 9 heteroatoms. The van der Waals surface area contributed by atoms with Gasteiger partial charge in [-0.05, 0) is 23.1 Å². The maximum Gasteiger partial charge on any atom is 0.350 e. The topological polar surface area (TPSA) is 107 Å². The van der Waals surface area contributed by atoms with Crippen molar-refractivity contribution in [2.45, 2.75) is 24.2 Å². The second-order valence-electron chi connectivity index (χ2n) is 6.93. The fraction of sp³-hybridized carbons (Fsp3) is 0.263. The van der Waals surface area contributed by atoms with Gasteiger partial charge >= 0.3 is 5.97 Å². The number of esters is 1. The maximum atomic E-state index is 12.4. The molecule has 1 aliphatic heterocycles. The summed E-state index contributed by atoms with van der Waals surface area (Å²) < 4.78 is 28.0. The Morgan fingerprint density at radius 2 is 1.93 bits per heavy atom. The molecule has 1 aromatic carbocycles. The van der Waals surface area contributed by atoms with Gasteiger partial charge in [0.05, 0.1) is 0 Å². The van der Waals surface area contributed by atoms with E-state index in [-0.39, 0.29) is 15.2 Å². The molecule has 3 rings (SSSR count). The third kappa shape index (κ3) is 3.60. The molecule has 28 heavy (non-hydrogen) atoms. The number of likely N-dealkylation sites (N-methyl/N-ethyl adjacent to an activating group) is 1. The molecule has 0 atom stereocenters. The summed E-state index contributed by atoms with van der Waals surface area (Å²) in [5.41, 5.74) is 2.53. The highest BCUT2D eigenvalue weighted by Crippen LogP contribution is 2.46. The SMILES string of the molecule is CN1/C(=C\C(=O)COC(=O)c2sccc2S(N)(=O)=O)C(C)(C)c2ccccc21. The van der Waals surface area contributed by atoms with Crippen molar-refractivity contribution in [2.24, 2.45) is 5.14 Å². The van der Waals surface area contributed by atoms with Crippen LogP contribution in [-0.2, 0) is 25.0 Å². The number of nitrogens with zero attached hydrogens (tertiary/aromatic N) is 1. The average molecular weight is 421 g/mol. The van der Waals surface area contributed by atoms with E-state index in [4.69, 9.17) is 9.88 Å². The third-order valence-electron chi connectivity index (χ3n) is 4.70. The molecule has 2 N–H and O–H groups in total. The molecule has 0 saturated heterocycles. The zero-order chi connectivity index (χ0) is 20.7. The molecule has 1 aromatic heterocycles. The largest absolute Gasteiger partial charge is 0.453 e. The summed E-state index contributed by atoms with van der Waals surface area (Å²) in [7, 11) is -2.16. The van der Waals surface area contributed by atoms with Crippen molar-refractivity contribution >= 4 is 38.8 Å². The van der Waals surface area contributed by atoms with Gasteiger partial charge in [0.15, 0.2) is 12.4 Å². The number of primary sulfonamides is 1. The fourth-order valence-corrected chi connectivity index (χ4v) is 5.18. The second-order valence-corrected chi connectivity index (χ2v) is 9.38. The van der Waals surface area contributed by atoms with E-state index in [1.807, 2.05) is 50.1 Å². The molecule has 0 amide bonds. The van der Waals surface area contributed by atoms with Gasteiger partial charge in [0.2, 0.25) is 10.0 Å². The summed E-state index contributed by atoms with van der Waals surface area (Å²) in [5, 5.41) is 6.50. The number of fused-ring (bicyclic) bond motifs is 1. The van der Waals surface area contributed by atoms with Crippen molar-refractivity contribution in [1.29, 1.82) is 0 Å². The summed E-state index contributed by atoms with van der Waals surface area (Å²) >= 11 is 0.892. The summed E-state index contributed by atoms with van der Waals surface area (Å²) in [6.07, 6.45) is 1.46. The van der Waals surface area contributed by atoms with Gasteiger partial charge in [-0.15, -0.1) is 11.3 Å². The lowest BCUT2D eigenvalue weighted by atomic mass is 9.83. The van der Waals surface area contributed by atoms with Crippen LogP contribution in [0.15, 0.2) is 52.4 Å². The number of sulfonamides is 1. The Balaban J connectivity index is 1.75. The van der Waals surface area contributed by atoms with Gasteiger partial charge in [-0.1, -0.05) is 32.0 Å². The molecule has 0 radical (unpaired) electrons. The highest BCUT2D eigenvalue weighted by atomic mass is 32.2. The molecule has 0 bridgehead atoms. The van der Waals surface area contributed by atoms with Gasteiger partial charge < -0.3 is 9.64 Å². The Kier molecular flexibility index (Phi) is 5.18. The number of hydrogen-bond acceptors (Lipinski definition) is 7. The molecule has 1 aliphatic rings. The first-order valence-corrected chi connectivity index (χ1v) is 10.8. The molecule has 0 fully saturated rings. The number of hydrogen-bond donors (Lipinski definition) is 1. The van der Waals surface area contributed by atoms with Crippen LogP contribution in [0.4, 0.5) is 5.69 Å². The van der Waals surface area contributed by atoms with Gasteiger partial charge in [0, 0.05) is 29.9 Å². The summed E-state index contributed by atoms with van der Waals surface area (Å²) in [5.74, 6) is -1.29. The third-order valence-corrected chi connectivity index (χ3v) is 6.68. The minimum Gasteiger partial charge on any atom is -0.453 e. The van der Waals surface area contributed by atoms with E-state index in [2.05, 4.69) is 0 Å². The quantitative estimate of drug-likeness (QED) is 0.588. The molecule has 2 aromatic rings. The van der Waals surface area contributed by atoms with Crippen molar-refractivity contribution < 1.29 is 22.7 Å². The van der Waals surface area contributed by atoms with E-state index in [1.54, 1.807) is 0 Å². The molecule has 0 saturated carbocycles. The fourth-order valence-electron chi connectivity index (χ4n) is 3.33. The zero-order valence-electron chi connectivity index (χ0n) is 15.6. The molecular weight excluding hydrogens is 400 g/mol. The van der Waals surface area contributed by atoms with E-state index in [0.717, 1.165) is 28.3 Å². The van der Waals surface area contributed by atoms with E-state index in [9.17, 15) is 18.0 Å². The molecule has 0 spiro atoms. The van der Waals surface area contributed by atoms with Gasteiger partial charge in [0.1, 0.15) is 9.77 Å². The van der Waals surface area contributed by atoms with Crippen LogP contribution in [0.5, 0.6) is 0 Å². The normalized spacial score (nSPS) is 16.9. The van der Waals surface area contributed by atoms with Crippen LogP contribution >= 0.6 is 11.3 Å². The first-order chi connectivity index (χ1) is 13.0. The number of para-hydroxylation sites is 1. The van der Waals surface area contributed by atoms with Crippen LogP contribution in [0.25, 0.3) is 0 Å². The summed E-state index contributed by atoms with van der Waals surface area (Å²) in [4.78, 5) is 26.1. The monoisotopic (exact) mass is 420 g/mol. The maximum absolute atomic E-state index is 12.4. The number of thiophene rings is 1. The Morgan fingerprint density at radius 3 is 2.57 bits per heavy atom. The van der Waals surface area contributed by atoms with E-state index in [1.165, 1.54) is 17.5 Å². The minimum absolute atomic E-state index is 0.145. The van der Waals surface area contributed by atoms with Crippen LogP contribution in [0.2, 0.25) is 0 Å². The average Bonchev–Trinajstić information content (AvgIpc) is 3.19. The van der Waals surface area contributed by atoms with Crippen molar-refractivity contribution in [1.82, 2.24) is 0 Å². The number of nitrogens with two attached hydrogens (primary N) is 1. The van der Waals surface area contributed by atoms with Crippen molar-refractivity contribution in [3.63, 3.8) is 0 Å². The van der Waals surface area contributed by atoms with Gasteiger partial charge in [-0.3, -0.25) is 4.79 Å². The van der Waals surface area contributed by atoms with Gasteiger partial charge in [-0.2, -0.15) is 0 Å². The number of carbonyl (C=O) groups excluding carboxylic acids is 2. The van der Waals surface area contributed by atoms with E-state index >= 15 is 0 Å². The molecule has 7 nitrogen and oxygen atoms in total. The lowest BCUT2D eigenvalue weighted by Crippen LogP contribution is -2.25. The number of ether oxygens (including phenoxy) is 1. The zero-order valence-corrected chi connectivity index (χ0v) is 17.3. The smallest absolute Gasteiger partial charge is 0.350 e. The standard InChI is InChI=1S/C19H20N2O5S2/c1-19(2)13-6-4-5-7-14(13)21(3)16(19)10-12(22)11-26-18(23)17-15(8-9-27-17)28(20,24)25/h4-10H,11H2,1-3H3,(H2,20,24,25)/b16-10-. The van der Waals surface area contributed by atoms with E-state index in [0.29, 0.717) is 0 Å². The lowest BCUT2D eigenvalue weighted by molar-refractivity contribution is -0.117. The van der Waals surface area contributed by atoms with E-state index < -0.39 is 28.4 Å². The van der Waals surface area contributed by atoms with Crippen molar-refractivity contribution in [2.75, 3.05) is 18.6 Å². The predicted octanol–water partition coefficient (Wildman–Crippen LogP) is 2.43. The van der Waals surface area contributed by atoms with Crippen molar-refractivity contribution in [3.8, 4) is 0 Å². The van der Waals surface area contributed by atoms with Crippen LogP contribution in [0.3, 0.4) is 0 Å². The highest BCUT2D eigenvalue weighted by molar-refractivity contribution is 7.89. The molecular formula is C19H20N2O5S2. The van der Waals surface area contributed by atoms with Gasteiger partial charge in [-0.25, -0.2) is 18.4 Å². The summed E-state index contributed by atoms with van der Waals surface area (Å²) in [6.45, 7) is 3.54. The first-order valence-electron chi connectivity index (χ1n) is 8.39. The molecule has 2 heterocycles. The Morgan fingerprint density at radius 1 is 1.25 bits per heavy atom. The Labute approximate surface area is 167 Å². The first kappa shape index (κ1) is 20.2. The number of benzene rings is 1. The van der Waals surface area contributed by atoms with Crippen LogP contribution in [0.1, 0.15) is 29.1 Å². The number of rotatable bonds is 5. The summed E-state index contributed by atoms with van der Waals surface area (Å²) in [6, 6.07) is 9.11. The number of carbonyl (C=O) groups is 2. The Bertz CT molecular complexity index is 1080. The lowest BCUT2D eigenvalue weighted by Gasteiger charge is -2.23. The Hall–Kier alpha value is -2.49. The molecule has 0 aliphatic carbocycles.